The van der Waals surface area contributed by atoms with Crippen LogP contribution in [-0.2, 0) is 11.3 Å². The number of hydrogen-bond acceptors (Lipinski definition) is 6. The molecule has 190 valence electrons. The minimum atomic E-state index is -0.195. The van der Waals surface area contributed by atoms with Gasteiger partial charge in [-0.15, -0.1) is 0 Å². The van der Waals surface area contributed by atoms with Crippen LogP contribution in [0.2, 0.25) is 0 Å². The molecule has 0 saturated carbocycles. The van der Waals surface area contributed by atoms with Gasteiger partial charge >= 0.3 is 0 Å². The molecule has 2 amide bonds. The summed E-state index contributed by atoms with van der Waals surface area (Å²) in [7, 11) is 1.65. The van der Waals surface area contributed by atoms with Crippen molar-refractivity contribution in [3.05, 3.63) is 83.4 Å². The highest BCUT2D eigenvalue weighted by Crippen LogP contribution is 2.34. The number of rotatable bonds is 6. The van der Waals surface area contributed by atoms with E-state index < -0.39 is 0 Å². The fraction of sp³-hybridized carbons (Fsp3) is 0.276. The van der Waals surface area contributed by atoms with Gasteiger partial charge < -0.3 is 24.2 Å². The van der Waals surface area contributed by atoms with E-state index in [1.165, 1.54) is 6.92 Å². The van der Waals surface area contributed by atoms with Crippen LogP contribution in [0.5, 0.6) is 11.5 Å². The summed E-state index contributed by atoms with van der Waals surface area (Å²) in [5.41, 5.74) is 3.61. The van der Waals surface area contributed by atoms with E-state index in [0.717, 1.165) is 30.1 Å². The van der Waals surface area contributed by atoms with Crippen molar-refractivity contribution in [2.45, 2.75) is 13.5 Å². The Morgan fingerprint density at radius 1 is 0.919 bits per heavy atom. The van der Waals surface area contributed by atoms with E-state index >= 15 is 0 Å². The Morgan fingerprint density at radius 3 is 2.38 bits per heavy atom. The second-order valence-electron chi connectivity index (χ2n) is 9.18. The second-order valence-corrected chi connectivity index (χ2v) is 9.18. The number of hydrogen-bond donors (Lipinski definition) is 0. The van der Waals surface area contributed by atoms with Crippen molar-refractivity contribution in [3.63, 3.8) is 0 Å². The first-order chi connectivity index (χ1) is 17.9. The van der Waals surface area contributed by atoms with Gasteiger partial charge in [0.15, 0.2) is 12.4 Å². The van der Waals surface area contributed by atoms with Crippen LogP contribution in [0, 0.1) is 0 Å². The minimum Gasteiger partial charge on any atom is -0.497 e. The first kappa shape index (κ1) is 24.4. The average molecular weight is 500 g/mol. The number of anilines is 2. The van der Waals surface area contributed by atoms with Crippen molar-refractivity contribution in [1.82, 2.24) is 4.90 Å². The molecule has 2 aliphatic rings. The molecular formula is C29H29N3O5. The number of nitrogens with zero attached hydrogens (tertiary/aromatic N) is 3. The van der Waals surface area contributed by atoms with Gasteiger partial charge in [0.1, 0.15) is 11.5 Å². The maximum Gasteiger partial charge on any atom is 0.265 e. The molecule has 5 rings (SSSR count). The lowest BCUT2D eigenvalue weighted by molar-refractivity contribution is -0.121. The highest BCUT2D eigenvalue weighted by molar-refractivity contribution is 6.01. The van der Waals surface area contributed by atoms with Gasteiger partial charge in [0.2, 0.25) is 0 Å². The molecule has 0 radical (unpaired) electrons. The zero-order chi connectivity index (χ0) is 25.9. The highest BCUT2D eigenvalue weighted by Gasteiger charge is 2.27. The van der Waals surface area contributed by atoms with E-state index in [2.05, 4.69) is 4.90 Å². The Bertz CT molecular complexity index is 1330. The molecule has 0 unspecified atom stereocenters. The zero-order valence-corrected chi connectivity index (χ0v) is 21.0. The lowest BCUT2D eigenvalue weighted by Crippen LogP contribution is -2.48. The molecule has 0 bridgehead atoms. The first-order valence-corrected chi connectivity index (χ1v) is 12.3. The Morgan fingerprint density at radius 2 is 1.68 bits per heavy atom. The molecular weight excluding hydrogens is 470 g/mol. The first-order valence-electron chi connectivity index (χ1n) is 12.3. The predicted molar refractivity (Wildman–Crippen MR) is 141 cm³/mol. The summed E-state index contributed by atoms with van der Waals surface area (Å²) in [4.78, 5) is 43.7. The molecule has 1 saturated heterocycles. The van der Waals surface area contributed by atoms with E-state index in [-0.39, 0.29) is 30.7 Å². The number of Topliss-reactive ketones (excluding diaryl/α,β-unsaturated/α-hetero) is 1. The summed E-state index contributed by atoms with van der Waals surface area (Å²) in [5.74, 6) is 1.08. The number of methoxy groups -OCH3 is 1. The maximum absolute atomic E-state index is 13.3. The predicted octanol–water partition coefficient (Wildman–Crippen LogP) is 3.79. The number of ketones is 1. The third kappa shape index (κ3) is 5.14. The standard InChI is InChI=1S/C29H29N3O5/c1-20(33)22-6-11-27-26(17-22)32(28(34)19-37-27)18-21-4-3-5-23(16-21)29(35)31-14-12-30(13-15-31)24-7-9-25(36-2)10-8-24/h3-11,16-17H,12-15,18-19H2,1-2H3. The topological polar surface area (TPSA) is 79.4 Å². The molecule has 3 aromatic rings. The van der Waals surface area contributed by atoms with Crippen molar-refractivity contribution < 1.29 is 23.9 Å². The van der Waals surface area contributed by atoms with E-state index in [1.807, 2.05) is 53.4 Å². The monoisotopic (exact) mass is 499 g/mol. The van der Waals surface area contributed by atoms with E-state index in [9.17, 15) is 14.4 Å². The summed E-state index contributed by atoms with van der Waals surface area (Å²) in [5, 5.41) is 0. The van der Waals surface area contributed by atoms with Gasteiger partial charge in [-0.3, -0.25) is 14.4 Å². The number of fused-ring (bicyclic) bond motifs is 1. The number of piperazine rings is 1. The summed E-state index contributed by atoms with van der Waals surface area (Å²) in [6, 6.07) is 20.4. The molecule has 8 nitrogen and oxygen atoms in total. The van der Waals surface area contributed by atoms with Gasteiger partial charge in [-0.25, -0.2) is 0 Å². The van der Waals surface area contributed by atoms with E-state index in [0.29, 0.717) is 35.7 Å². The van der Waals surface area contributed by atoms with Gasteiger partial charge in [-0.2, -0.15) is 0 Å². The van der Waals surface area contributed by atoms with Gasteiger partial charge in [-0.05, 0) is 67.1 Å². The molecule has 1 fully saturated rings. The molecule has 2 heterocycles. The SMILES string of the molecule is COc1ccc(N2CCN(C(=O)c3cccc(CN4C(=O)COc5ccc(C(C)=O)cc54)c3)CC2)cc1. The van der Waals surface area contributed by atoms with Gasteiger partial charge in [0.05, 0.1) is 19.3 Å². The van der Waals surface area contributed by atoms with Crippen molar-refractivity contribution in [2.24, 2.45) is 0 Å². The summed E-state index contributed by atoms with van der Waals surface area (Å²) in [6.45, 7) is 4.44. The van der Waals surface area contributed by atoms with Crippen molar-refractivity contribution in [3.8, 4) is 11.5 Å². The molecule has 2 aliphatic heterocycles. The van der Waals surface area contributed by atoms with Gasteiger partial charge in [-0.1, -0.05) is 12.1 Å². The summed E-state index contributed by atoms with van der Waals surface area (Å²) < 4.78 is 10.8. The summed E-state index contributed by atoms with van der Waals surface area (Å²) >= 11 is 0. The Labute approximate surface area is 216 Å². The normalized spacial score (nSPS) is 15.2. The van der Waals surface area contributed by atoms with Crippen molar-refractivity contribution >= 4 is 29.0 Å². The van der Waals surface area contributed by atoms with Crippen LogP contribution < -0.4 is 19.3 Å². The largest absolute Gasteiger partial charge is 0.497 e. The number of amides is 2. The van der Waals surface area contributed by atoms with Gasteiger partial charge in [0.25, 0.3) is 11.8 Å². The molecule has 3 aromatic carbocycles. The third-order valence-corrected chi connectivity index (χ3v) is 6.83. The average Bonchev–Trinajstić information content (AvgIpc) is 2.94. The Kier molecular flexibility index (Phi) is 6.81. The fourth-order valence-electron chi connectivity index (χ4n) is 4.72. The lowest BCUT2D eigenvalue weighted by Gasteiger charge is -2.36. The van der Waals surface area contributed by atoms with Crippen molar-refractivity contribution in [2.75, 3.05) is 49.7 Å². The molecule has 0 spiro atoms. The van der Waals surface area contributed by atoms with Crippen LogP contribution in [0.1, 0.15) is 33.2 Å². The lowest BCUT2D eigenvalue weighted by atomic mass is 10.1. The zero-order valence-electron chi connectivity index (χ0n) is 21.0. The van der Waals surface area contributed by atoms with E-state index in [4.69, 9.17) is 9.47 Å². The van der Waals surface area contributed by atoms with Crippen LogP contribution in [0.4, 0.5) is 11.4 Å². The molecule has 0 atom stereocenters. The second kappa shape index (κ2) is 10.3. The number of carbonyl (C=O) groups is 3. The van der Waals surface area contributed by atoms with Crippen LogP contribution in [-0.4, -0.2) is 62.4 Å². The van der Waals surface area contributed by atoms with Crippen LogP contribution in [0.15, 0.2) is 66.7 Å². The molecule has 37 heavy (non-hydrogen) atoms. The van der Waals surface area contributed by atoms with Gasteiger partial charge in [0, 0.05) is 43.0 Å². The van der Waals surface area contributed by atoms with Crippen LogP contribution >= 0.6 is 0 Å². The minimum absolute atomic E-state index is 0.0243. The Balaban J connectivity index is 1.28. The van der Waals surface area contributed by atoms with Crippen molar-refractivity contribution in [1.29, 1.82) is 0 Å². The molecule has 8 heteroatoms. The molecule has 0 N–H and O–H groups in total. The smallest absolute Gasteiger partial charge is 0.265 e. The fourth-order valence-corrected chi connectivity index (χ4v) is 4.72. The third-order valence-electron chi connectivity index (χ3n) is 6.83. The highest BCUT2D eigenvalue weighted by atomic mass is 16.5. The molecule has 0 aliphatic carbocycles. The summed E-state index contributed by atoms with van der Waals surface area (Å²) in [6.07, 6.45) is 0. The number of ether oxygens (including phenoxy) is 2. The number of benzene rings is 3. The molecule has 0 aromatic heterocycles. The van der Waals surface area contributed by atoms with Crippen LogP contribution in [0.3, 0.4) is 0 Å². The number of carbonyl (C=O) groups excluding carboxylic acids is 3. The maximum atomic E-state index is 13.3. The van der Waals surface area contributed by atoms with E-state index in [1.54, 1.807) is 30.2 Å². The van der Waals surface area contributed by atoms with Crippen LogP contribution in [0.25, 0.3) is 0 Å². The Hall–Kier alpha value is -4.33. The quantitative estimate of drug-likeness (QED) is 0.481.